The van der Waals surface area contributed by atoms with Crippen molar-refractivity contribution in [2.24, 2.45) is 11.1 Å². The fourth-order valence-electron chi connectivity index (χ4n) is 2.99. The third kappa shape index (κ3) is 2.41. The van der Waals surface area contributed by atoms with Gasteiger partial charge in [0.15, 0.2) is 0 Å². The van der Waals surface area contributed by atoms with E-state index in [1.54, 1.807) is 0 Å². The van der Waals surface area contributed by atoms with Crippen LogP contribution in [0.4, 0.5) is 0 Å². The van der Waals surface area contributed by atoms with E-state index in [1.807, 2.05) is 0 Å². The van der Waals surface area contributed by atoms with Gasteiger partial charge in [-0.3, -0.25) is 4.90 Å². The molecule has 0 aromatic heterocycles. The summed E-state index contributed by atoms with van der Waals surface area (Å²) in [6.07, 6.45) is 4.83. The monoisotopic (exact) mass is 226 g/mol. The molecule has 0 aromatic carbocycles. The fraction of sp³-hybridized carbons (Fsp3) is 1.00. The molecule has 2 N–H and O–H groups in total. The summed E-state index contributed by atoms with van der Waals surface area (Å²) in [6, 6.07) is 0. The summed E-state index contributed by atoms with van der Waals surface area (Å²) >= 11 is 0. The number of nitrogens with two attached hydrogens (primary N) is 1. The van der Waals surface area contributed by atoms with Gasteiger partial charge in [-0.2, -0.15) is 0 Å². The van der Waals surface area contributed by atoms with Crippen molar-refractivity contribution in [2.75, 3.05) is 32.8 Å². The van der Waals surface area contributed by atoms with Gasteiger partial charge in [-0.15, -0.1) is 0 Å². The first-order chi connectivity index (χ1) is 7.58. The predicted octanol–water partition coefficient (Wildman–Crippen LogP) is 1.62. The Labute approximate surface area is 99.3 Å². The normalized spacial score (nSPS) is 30.2. The Bertz CT molecular complexity index is 224. The largest absolute Gasteiger partial charge is 0.381 e. The fourth-order valence-corrected chi connectivity index (χ4v) is 2.99. The minimum absolute atomic E-state index is 0.245. The zero-order valence-electron chi connectivity index (χ0n) is 10.8. The zero-order chi connectivity index (χ0) is 11.6. The molecule has 0 unspecified atom stereocenters. The molecule has 0 atom stereocenters. The molecular weight excluding hydrogens is 200 g/mol. The highest BCUT2D eigenvalue weighted by molar-refractivity contribution is 4.96. The summed E-state index contributed by atoms with van der Waals surface area (Å²) in [7, 11) is 0. The molecule has 3 nitrogen and oxygen atoms in total. The number of hydrogen-bond donors (Lipinski definition) is 1. The van der Waals surface area contributed by atoms with E-state index in [2.05, 4.69) is 18.7 Å². The lowest BCUT2D eigenvalue weighted by Gasteiger charge is -2.50. The van der Waals surface area contributed by atoms with E-state index in [1.165, 1.54) is 25.9 Å². The molecule has 2 fully saturated rings. The molecule has 0 aliphatic carbocycles. The quantitative estimate of drug-likeness (QED) is 0.777. The van der Waals surface area contributed by atoms with Gasteiger partial charge in [0.05, 0.1) is 0 Å². The maximum absolute atomic E-state index is 6.04. The highest BCUT2D eigenvalue weighted by atomic mass is 16.5. The Morgan fingerprint density at radius 2 is 1.62 bits per heavy atom. The molecule has 2 saturated heterocycles. The van der Waals surface area contributed by atoms with Crippen LogP contribution in [0.1, 0.15) is 39.5 Å². The van der Waals surface area contributed by atoms with Gasteiger partial charge >= 0.3 is 0 Å². The molecule has 2 rings (SSSR count). The minimum Gasteiger partial charge on any atom is -0.381 e. The Hall–Kier alpha value is -0.120. The maximum Gasteiger partial charge on any atom is 0.0484 e. The number of hydrogen-bond acceptors (Lipinski definition) is 3. The second kappa shape index (κ2) is 4.63. The molecule has 0 radical (unpaired) electrons. The lowest BCUT2D eigenvalue weighted by molar-refractivity contribution is -0.0449. The summed E-state index contributed by atoms with van der Waals surface area (Å²) in [5.41, 5.74) is 6.81. The number of nitrogens with zero attached hydrogens (tertiary/aromatic N) is 1. The second-order valence-electron chi connectivity index (χ2n) is 6.19. The molecule has 3 heteroatoms. The number of ether oxygens (including phenoxy) is 1. The average Bonchev–Trinajstić information content (AvgIpc) is 2.30. The smallest absolute Gasteiger partial charge is 0.0484 e. The summed E-state index contributed by atoms with van der Waals surface area (Å²) in [6.45, 7) is 9.74. The van der Waals surface area contributed by atoms with E-state index in [0.717, 1.165) is 32.6 Å². The zero-order valence-corrected chi connectivity index (χ0v) is 10.8. The van der Waals surface area contributed by atoms with E-state index in [-0.39, 0.29) is 5.54 Å². The Kier molecular flexibility index (Phi) is 3.57. The van der Waals surface area contributed by atoms with Crippen molar-refractivity contribution in [1.29, 1.82) is 0 Å². The minimum atomic E-state index is 0.245. The number of piperidine rings is 1. The van der Waals surface area contributed by atoms with Crippen molar-refractivity contribution in [2.45, 2.75) is 45.1 Å². The van der Waals surface area contributed by atoms with Crippen LogP contribution in [0.2, 0.25) is 0 Å². The van der Waals surface area contributed by atoms with Crippen LogP contribution in [0.3, 0.4) is 0 Å². The molecule has 2 aliphatic heterocycles. The molecule has 0 spiro atoms. The van der Waals surface area contributed by atoms with Gasteiger partial charge in [-0.1, -0.05) is 13.8 Å². The molecule has 0 amide bonds. The Balaban J connectivity index is 2.00. The van der Waals surface area contributed by atoms with Crippen LogP contribution < -0.4 is 5.73 Å². The number of likely N-dealkylation sites (tertiary alicyclic amines) is 1. The average molecular weight is 226 g/mol. The first-order valence-corrected chi connectivity index (χ1v) is 6.61. The summed E-state index contributed by atoms with van der Waals surface area (Å²) in [4.78, 5) is 2.64. The van der Waals surface area contributed by atoms with E-state index >= 15 is 0 Å². The van der Waals surface area contributed by atoms with E-state index in [4.69, 9.17) is 10.5 Å². The van der Waals surface area contributed by atoms with Gasteiger partial charge in [0.2, 0.25) is 0 Å². The molecule has 2 heterocycles. The van der Waals surface area contributed by atoms with E-state index < -0.39 is 0 Å². The van der Waals surface area contributed by atoms with Crippen LogP contribution in [-0.2, 0) is 4.74 Å². The molecule has 0 saturated carbocycles. The summed E-state index contributed by atoms with van der Waals surface area (Å²) in [5.74, 6) is 0. The summed E-state index contributed by atoms with van der Waals surface area (Å²) < 4.78 is 5.48. The lowest BCUT2D eigenvalue weighted by atomic mass is 9.79. The van der Waals surface area contributed by atoms with Crippen LogP contribution in [0.25, 0.3) is 0 Å². The van der Waals surface area contributed by atoms with Crippen molar-refractivity contribution in [3.8, 4) is 0 Å². The molecule has 2 aliphatic rings. The molecule has 94 valence electrons. The van der Waals surface area contributed by atoms with Gasteiger partial charge < -0.3 is 10.5 Å². The van der Waals surface area contributed by atoms with Crippen LogP contribution in [0.15, 0.2) is 0 Å². The van der Waals surface area contributed by atoms with Gasteiger partial charge in [0.1, 0.15) is 0 Å². The Morgan fingerprint density at radius 3 is 2.12 bits per heavy atom. The van der Waals surface area contributed by atoms with Crippen LogP contribution >= 0.6 is 0 Å². The predicted molar refractivity (Wildman–Crippen MR) is 66.4 cm³/mol. The van der Waals surface area contributed by atoms with Crippen LogP contribution in [-0.4, -0.2) is 43.3 Å². The van der Waals surface area contributed by atoms with E-state index in [9.17, 15) is 0 Å². The summed E-state index contributed by atoms with van der Waals surface area (Å²) in [5, 5.41) is 0. The maximum atomic E-state index is 6.04. The lowest BCUT2D eigenvalue weighted by Crippen LogP contribution is -2.59. The molecule has 16 heavy (non-hydrogen) atoms. The SMILES string of the molecule is CC1(C)CCN(C2(CN)CCOCC2)CC1. The van der Waals surface area contributed by atoms with Gasteiger partial charge in [-0.05, 0) is 44.2 Å². The van der Waals surface area contributed by atoms with Crippen molar-refractivity contribution >= 4 is 0 Å². The topological polar surface area (TPSA) is 38.5 Å². The van der Waals surface area contributed by atoms with Crippen LogP contribution in [0.5, 0.6) is 0 Å². The van der Waals surface area contributed by atoms with Crippen molar-refractivity contribution in [3.63, 3.8) is 0 Å². The van der Waals surface area contributed by atoms with Crippen molar-refractivity contribution in [3.05, 3.63) is 0 Å². The van der Waals surface area contributed by atoms with Gasteiger partial charge in [0.25, 0.3) is 0 Å². The highest BCUT2D eigenvalue weighted by Gasteiger charge is 2.40. The van der Waals surface area contributed by atoms with Crippen LogP contribution in [0, 0.1) is 5.41 Å². The first-order valence-electron chi connectivity index (χ1n) is 6.61. The Morgan fingerprint density at radius 1 is 1.06 bits per heavy atom. The molecular formula is C13H26N2O. The third-order valence-corrected chi connectivity index (χ3v) is 4.59. The van der Waals surface area contributed by atoms with Gasteiger partial charge in [0, 0.05) is 25.3 Å². The third-order valence-electron chi connectivity index (χ3n) is 4.59. The molecule has 0 aromatic rings. The van der Waals surface area contributed by atoms with Crippen molar-refractivity contribution in [1.82, 2.24) is 4.90 Å². The van der Waals surface area contributed by atoms with E-state index in [0.29, 0.717) is 5.41 Å². The van der Waals surface area contributed by atoms with Crippen molar-refractivity contribution < 1.29 is 4.74 Å². The van der Waals surface area contributed by atoms with Gasteiger partial charge in [-0.25, -0.2) is 0 Å². The standard InChI is InChI=1S/C13H26N2O/c1-12(2)3-7-15(8-4-12)13(11-14)5-9-16-10-6-13/h3-11,14H2,1-2H3. The number of rotatable bonds is 2. The second-order valence-corrected chi connectivity index (χ2v) is 6.19. The molecule has 0 bridgehead atoms. The highest BCUT2D eigenvalue weighted by Crippen LogP contribution is 2.36. The first kappa shape index (κ1) is 12.3.